The summed E-state index contributed by atoms with van der Waals surface area (Å²) < 4.78 is 82.8. The topological polar surface area (TPSA) is 3.24 Å². The molecular formula is C15H23NS. The minimum Gasteiger partial charge on any atom is -0.293 e. The van der Waals surface area contributed by atoms with E-state index < -0.39 is 37.7 Å². The van der Waals surface area contributed by atoms with Crippen molar-refractivity contribution in [2.24, 2.45) is 0 Å². The second kappa shape index (κ2) is 5.11. The molecule has 0 N–H and O–H groups in total. The standard InChI is InChI=1S/C15H23NS/c1-3-9-15(10-4-1,14-8-7-13-17-14)16-11-5-2-6-12-16/h7-8,13H,1-6,9-12H2/i2D2,5D2,6D2,11D2,12D2. The van der Waals surface area contributed by atoms with Gasteiger partial charge in [0, 0.05) is 18.6 Å². The van der Waals surface area contributed by atoms with Crippen molar-refractivity contribution in [3.05, 3.63) is 22.4 Å². The molecule has 0 unspecified atom stereocenters. The normalized spacial score (nSPS) is 49.4. The second-order valence-corrected chi connectivity index (χ2v) is 5.45. The predicted molar refractivity (Wildman–Crippen MR) is 74.5 cm³/mol. The highest BCUT2D eigenvalue weighted by Gasteiger charge is 2.40. The van der Waals surface area contributed by atoms with Crippen LogP contribution in [0.15, 0.2) is 17.5 Å². The van der Waals surface area contributed by atoms with E-state index in [1.807, 2.05) is 0 Å². The first-order chi connectivity index (χ1) is 12.2. The molecule has 1 nitrogen and oxygen atoms in total. The summed E-state index contributed by atoms with van der Waals surface area (Å²) in [7, 11) is 0. The molecule has 0 spiro atoms. The first-order valence-corrected chi connectivity index (χ1v) is 6.90. The number of likely N-dealkylation sites (tertiary alicyclic amines) is 1. The fraction of sp³-hybridized carbons (Fsp3) is 0.733. The van der Waals surface area contributed by atoms with Crippen molar-refractivity contribution < 1.29 is 13.7 Å². The van der Waals surface area contributed by atoms with Crippen molar-refractivity contribution in [2.75, 3.05) is 13.0 Å². The number of rotatable bonds is 2. The third-order valence-electron chi connectivity index (χ3n) is 3.55. The van der Waals surface area contributed by atoms with Gasteiger partial charge >= 0.3 is 0 Å². The quantitative estimate of drug-likeness (QED) is 0.761. The van der Waals surface area contributed by atoms with Gasteiger partial charge in [0.2, 0.25) is 0 Å². The maximum absolute atomic E-state index is 8.51. The summed E-state index contributed by atoms with van der Waals surface area (Å²) in [6.07, 6.45) is -6.93. The average Bonchev–Trinajstić information content (AvgIpc) is 3.08. The third kappa shape index (κ3) is 2.17. The van der Waals surface area contributed by atoms with Crippen molar-refractivity contribution in [3.63, 3.8) is 0 Å². The number of nitrogens with zero attached hydrogens (tertiary/aromatic N) is 1. The van der Waals surface area contributed by atoms with Crippen molar-refractivity contribution in [1.29, 1.82) is 0 Å². The Balaban J connectivity index is 2.31. The Kier molecular flexibility index (Phi) is 1.50. The second-order valence-electron chi connectivity index (χ2n) is 4.50. The summed E-state index contributed by atoms with van der Waals surface area (Å²) in [6, 6.07) is 3.50. The van der Waals surface area contributed by atoms with E-state index >= 15 is 0 Å². The Morgan fingerprint density at radius 2 is 1.88 bits per heavy atom. The molecule has 0 amide bonds. The SMILES string of the molecule is [2H]C1([2H])N(C2(c3cccs3)CCCCC2)C([2H])([2H])C([2H])([2H])C([2H])([2H])C1([2H])[2H]. The lowest BCUT2D eigenvalue weighted by molar-refractivity contribution is 0.0332. The Morgan fingerprint density at radius 1 is 1.12 bits per heavy atom. The summed E-state index contributed by atoms with van der Waals surface area (Å²) in [5.41, 5.74) is -1.23. The molecule has 2 aliphatic rings. The van der Waals surface area contributed by atoms with Crippen LogP contribution in [-0.2, 0) is 5.54 Å². The van der Waals surface area contributed by atoms with Gasteiger partial charge in [0.1, 0.15) is 0 Å². The molecule has 1 saturated carbocycles. The van der Waals surface area contributed by atoms with E-state index in [9.17, 15) is 0 Å². The van der Waals surface area contributed by atoms with E-state index in [2.05, 4.69) is 0 Å². The van der Waals surface area contributed by atoms with Crippen molar-refractivity contribution in [2.45, 2.75) is 56.8 Å². The highest BCUT2D eigenvalue weighted by atomic mass is 32.1. The zero-order valence-electron chi connectivity index (χ0n) is 19.6. The molecule has 1 aliphatic heterocycles. The van der Waals surface area contributed by atoms with Gasteiger partial charge in [0.25, 0.3) is 0 Å². The van der Waals surface area contributed by atoms with E-state index in [0.717, 1.165) is 6.42 Å². The third-order valence-corrected chi connectivity index (χ3v) is 4.61. The molecule has 1 aromatic rings. The minimum absolute atomic E-state index is 0.363. The molecule has 2 fully saturated rings. The Morgan fingerprint density at radius 3 is 2.53 bits per heavy atom. The van der Waals surface area contributed by atoms with Crippen molar-refractivity contribution >= 4 is 11.3 Å². The summed E-state index contributed by atoms with van der Waals surface area (Å²) in [4.78, 5) is 1.35. The van der Waals surface area contributed by atoms with Crippen LogP contribution in [0.1, 0.15) is 69.8 Å². The largest absolute Gasteiger partial charge is 0.293 e. The van der Waals surface area contributed by atoms with Crippen LogP contribution >= 0.6 is 11.3 Å². The van der Waals surface area contributed by atoms with Crippen molar-refractivity contribution in [3.8, 4) is 0 Å². The lowest BCUT2D eigenvalue weighted by Crippen LogP contribution is -2.49. The van der Waals surface area contributed by atoms with Gasteiger partial charge in [-0.15, -0.1) is 11.3 Å². The highest BCUT2D eigenvalue weighted by molar-refractivity contribution is 7.10. The maximum Gasteiger partial charge on any atom is 0.0553 e. The molecule has 2 heteroatoms. The van der Waals surface area contributed by atoms with Gasteiger partial charge in [-0.3, -0.25) is 4.90 Å². The predicted octanol–water partition coefficient (Wildman–Crippen LogP) is 4.39. The van der Waals surface area contributed by atoms with Gasteiger partial charge in [0.05, 0.1) is 5.54 Å². The van der Waals surface area contributed by atoms with Crippen LogP contribution in [0.5, 0.6) is 0 Å². The monoisotopic (exact) mass is 259 g/mol. The zero-order valence-corrected chi connectivity index (χ0v) is 10.4. The lowest BCUT2D eigenvalue weighted by atomic mass is 9.78. The fourth-order valence-electron chi connectivity index (χ4n) is 2.70. The molecule has 0 radical (unpaired) electrons. The van der Waals surface area contributed by atoms with Crippen LogP contribution < -0.4 is 0 Å². The van der Waals surface area contributed by atoms with E-state index in [1.54, 1.807) is 17.5 Å². The van der Waals surface area contributed by atoms with E-state index in [1.165, 1.54) is 11.3 Å². The van der Waals surface area contributed by atoms with E-state index in [-0.39, 0.29) is 0 Å². The number of hydrogen-bond acceptors (Lipinski definition) is 2. The molecule has 1 saturated heterocycles. The van der Waals surface area contributed by atoms with Crippen molar-refractivity contribution in [1.82, 2.24) is 4.90 Å². The molecule has 0 atom stereocenters. The number of thiophene rings is 1. The molecular weight excluding hydrogens is 226 g/mol. The van der Waals surface area contributed by atoms with Crippen LogP contribution in [0.2, 0.25) is 0 Å². The smallest absolute Gasteiger partial charge is 0.0553 e. The molecule has 0 aromatic carbocycles. The first kappa shape index (κ1) is 4.97. The summed E-state index contributed by atoms with van der Waals surface area (Å²) >= 11 is 1.31. The highest BCUT2D eigenvalue weighted by Crippen LogP contribution is 2.45. The fourth-order valence-corrected chi connectivity index (χ4v) is 3.68. The van der Waals surface area contributed by atoms with Gasteiger partial charge in [-0.05, 0) is 50.0 Å². The van der Waals surface area contributed by atoms with Crippen LogP contribution in [0.25, 0.3) is 0 Å². The lowest BCUT2D eigenvalue weighted by Gasteiger charge is -2.48. The molecule has 1 aromatic heterocycles. The number of hydrogen-bond donors (Lipinski definition) is 0. The van der Waals surface area contributed by atoms with Crippen LogP contribution in [0.4, 0.5) is 0 Å². The molecule has 0 bridgehead atoms. The summed E-state index contributed by atoms with van der Waals surface area (Å²) in [6.45, 7) is -6.13. The average molecular weight is 259 g/mol. The van der Waals surface area contributed by atoms with Gasteiger partial charge in [-0.1, -0.05) is 31.7 Å². The van der Waals surface area contributed by atoms with Gasteiger partial charge in [-0.25, -0.2) is 0 Å². The van der Waals surface area contributed by atoms with E-state index in [0.29, 0.717) is 35.5 Å². The van der Waals surface area contributed by atoms with Crippen LogP contribution in [-0.4, -0.2) is 17.9 Å². The zero-order chi connectivity index (χ0) is 20.5. The Bertz CT molecular complexity index is 663. The van der Waals surface area contributed by atoms with Gasteiger partial charge in [0.15, 0.2) is 0 Å². The molecule has 2 heterocycles. The first-order valence-electron chi connectivity index (χ1n) is 11.0. The molecule has 1 aliphatic carbocycles. The Labute approximate surface area is 123 Å². The summed E-state index contributed by atoms with van der Waals surface area (Å²) in [5, 5.41) is 1.78. The molecule has 3 rings (SSSR count). The van der Waals surface area contributed by atoms with E-state index in [4.69, 9.17) is 13.7 Å². The van der Waals surface area contributed by atoms with Gasteiger partial charge in [-0.2, -0.15) is 0 Å². The van der Waals surface area contributed by atoms with Crippen LogP contribution in [0, 0.1) is 0 Å². The number of piperidine rings is 1. The summed E-state index contributed by atoms with van der Waals surface area (Å²) in [5.74, 6) is 0. The van der Waals surface area contributed by atoms with Gasteiger partial charge < -0.3 is 0 Å². The molecule has 17 heavy (non-hydrogen) atoms. The minimum atomic E-state index is -3.37. The Hall–Kier alpha value is -0.340. The maximum atomic E-state index is 8.51. The van der Waals surface area contributed by atoms with Crippen LogP contribution in [0.3, 0.4) is 0 Å². The molecule has 94 valence electrons.